The Morgan fingerprint density at radius 1 is 1.28 bits per heavy atom. The summed E-state index contributed by atoms with van der Waals surface area (Å²) >= 11 is 0. The topological polar surface area (TPSA) is 70.9 Å². The molecule has 0 saturated carbocycles. The van der Waals surface area contributed by atoms with Gasteiger partial charge in [-0.1, -0.05) is 0 Å². The van der Waals surface area contributed by atoms with Gasteiger partial charge in [0.2, 0.25) is 0 Å². The molecule has 0 fully saturated rings. The van der Waals surface area contributed by atoms with Gasteiger partial charge < -0.3 is 5.11 Å². The molecule has 2 heterocycles. The van der Waals surface area contributed by atoms with E-state index in [0.29, 0.717) is 5.69 Å². The van der Waals surface area contributed by atoms with Crippen LogP contribution in [0.5, 0.6) is 5.75 Å². The molecule has 0 amide bonds. The number of hydrogen-bond donors (Lipinski definition) is 2. The maximum Gasteiger partial charge on any atom is 0.258 e. The Labute approximate surface area is 102 Å². The summed E-state index contributed by atoms with van der Waals surface area (Å²) < 4.78 is 1.54. The van der Waals surface area contributed by atoms with Crippen molar-refractivity contribution in [2.45, 2.75) is 6.92 Å². The van der Waals surface area contributed by atoms with E-state index in [0.717, 1.165) is 16.6 Å². The number of aromatic nitrogens is 3. The van der Waals surface area contributed by atoms with Gasteiger partial charge in [0.25, 0.3) is 5.56 Å². The fourth-order valence-corrected chi connectivity index (χ4v) is 2.08. The van der Waals surface area contributed by atoms with Gasteiger partial charge in [0.15, 0.2) is 0 Å². The van der Waals surface area contributed by atoms with Gasteiger partial charge >= 0.3 is 0 Å². The van der Waals surface area contributed by atoms with Crippen LogP contribution in [0.4, 0.5) is 0 Å². The number of benzene rings is 1. The standard InChI is InChI=1S/C13H11N3O2/c1-8-4-11(17)6-13(18)16(8)10-3-2-9-7-14-15-12(9)5-10/h2-7,17H,1H3,(H,14,15). The van der Waals surface area contributed by atoms with Gasteiger partial charge in [0, 0.05) is 17.1 Å². The number of pyridine rings is 1. The zero-order valence-corrected chi connectivity index (χ0v) is 9.71. The first-order valence-corrected chi connectivity index (χ1v) is 5.51. The number of aromatic amines is 1. The molecule has 0 aliphatic rings. The van der Waals surface area contributed by atoms with E-state index in [9.17, 15) is 9.90 Å². The highest BCUT2D eigenvalue weighted by atomic mass is 16.3. The monoisotopic (exact) mass is 241 g/mol. The third kappa shape index (κ3) is 1.57. The summed E-state index contributed by atoms with van der Waals surface area (Å²) in [7, 11) is 0. The lowest BCUT2D eigenvalue weighted by atomic mass is 10.2. The smallest absolute Gasteiger partial charge is 0.258 e. The molecular formula is C13H11N3O2. The lowest BCUT2D eigenvalue weighted by molar-refractivity contribution is 0.472. The Kier molecular flexibility index (Phi) is 2.19. The van der Waals surface area contributed by atoms with Crippen molar-refractivity contribution in [3.05, 3.63) is 52.6 Å². The number of aromatic hydroxyl groups is 1. The van der Waals surface area contributed by atoms with E-state index in [1.54, 1.807) is 23.8 Å². The van der Waals surface area contributed by atoms with Crippen LogP contribution in [-0.2, 0) is 0 Å². The largest absolute Gasteiger partial charge is 0.508 e. The van der Waals surface area contributed by atoms with Crippen molar-refractivity contribution in [3.63, 3.8) is 0 Å². The first-order valence-electron chi connectivity index (χ1n) is 5.51. The molecule has 18 heavy (non-hydrogen) atoms. The van der Waals surface area contributed by atoms with Crippen molar-refractivity contribution >= 4 is 10.9 Å². The maximum atomic E-state index is 11.9. The lowest BCUT2D eigenvalue weighted by Crippen LogP contribution is -2.18. The molecule has 0 aliphatic carbocycles. The van der Waals surface area contributed by atoms with Crippen molar-refractivity contribution < 1.29 is 5.11 Å². The van der Waals surface area contributed by atoms with Crippen molar-refractivity contribution in [3.8, 4) is 11.4 Å². The quantitative estimate of drug-likeness (QED) is 0.681. The van der Waals surface area contributed by atoms with Crippen LogP contribution in [0, 0.1) is 6.92 Å². The predicted octanol–water partition coefficient (Wildman–Crippen LogP) is 1.73. The minimum absolute atomic E-state index is 0.0173. The van der Waals surface area contributed by atoms with Crippen molar-refractivity contribution in [1.29, 1.82) is 0 Å². The Morgan fingerprint density at radius 3 is 2.89 bits per heavy atom. The van der Waals surface area contributed by atoms with Crippen LogP contribution in [-0.4, -0.2) is 19.9 Å². The van der Waals surface area contributed by atoms with E-state index in [4.69, 9.17) is 0 Å². The first kappa shape index (κ1) is 10.6. The van der Waals surface area contributed by atoms with Crippen LogP contribution < -0.4 is 5.56 Å². The molecule has 2 N–H and O–H groups in total. The molecule has 0 saturated heterocycles. The van der Waals surface area contributed by atoms with Crippen LogP contribution in [0.15, 0.2) is 41.3 Å². The van der Waals surface area contributed by atoms with E-state index < -0.39 is 0 Å². The molecule has 0 radical (unpaired) electrons. The van der Waals surface area contributed by atoms with Crippen LogP contribution in [0.3, 0.4) is 0 Å². The van der Waals surface area contributed by atoms with Crippen LogP contribution in [0.25, 0.3) is 16.6 Å². The highest BCUT2D eigenvalue weighted by Gasteiger charge is 2.06. The van der Waals surface area contributed by atoms with Crippen molar-refractivity contribution in [2.75, 3.05) is 0 Å². The zero-order valence-electron chi connectivity index (χ0n) is 9.71. The molecule has 5 nitrogen and oxygen atoms in total. The highest BCUT2D eigenvalue weighted by molar-refractivity contribution is 5.80. The van der Waals surface area contributed by atoms with E-state index >= 15 is 0 Å². The Bertz CT molecular complexity index is 786. The molecule has 1 aromatic carbocycles. The van der Waals surface area contributed by atoms with E-state index in [-0.39, 0.29) is 11.3 Å². The summed E-state index contributed by atoms with van der Waals surface area (Å²) in [5, 5.41) is 17.2. The van der Waals surface area contributed by atoms with E-state index in [1.165, 1.54) is 6.07 Å². The Balaban J connectivity index is 2.28. The number of nitrogens with one attached hydrogen (secondary N) is 1. The van der Waals surface area contributed by atoms with Gasteiger partial charge in [-0.05, 0) is 31.2 Å². The average molecular weight is 241 g/mol. The summed E-state index contributed by atoms with van der Waals surface area (Å²) in [5.74, 6) is -0.0173. The van der Waals surface area contributed by atoms with Crippen molar-refractivity contribution in [1.82, 2.24) is 14.8 Å². The number of rotatable bonds is 1. The maximum absolute atomic E-state index is 11.9. The molecule has 3 rings (SSSR count). The average Bonchev–Trinajstić information content (AvgIpc) is 2.74. The van der Waals surface area contributed by atoms with Crippen LogP contribution in [0.1, 0.15) is 5.69 Å². The third-order valence-corrected chi connectivity index (χ3v) is 2.88. The number of nitrogens with zero attached hydrogens (tertiary/aromatic N) is 2. The number of hydrogen-bond acceptors (Lipinski definition) is 3. The summed E-state index contributed by atoms with van der Waals surface area (Å²) in [6, 6.07) is 8.35. The van der Waals surface area contributed by atoms with Crippen molar-refractivity contribution in [2.24, 2.45) is 0 Å². The van der Waals surface area contributed by atoms with Gasteiger partial charge in [0.05, 0.1) is 17.4 Å². The second kappa shape index (κ2) is 3.73. The molecule has 2 aromatic heterocycles. The predicted molar refractivity (Wildman–Crippen MR) is 68.1 cm³/mol. The minimum Gasteiger partial charge on any atom is -0.508 e. The molecular weight excluding hydrogens is 230 g/mol. The fourth-order valence-electron chi connectivity index (χ4n) is 2.08. The van der Waals surface area contributed by atoms with Gasteiger partial charge in [0.1, 0.15) is 5.75 Å². The first-order chi connectivity index (χ1) is 8.65. The number of aryl methyl sites for hydroxylation is 1. The molecule has 3 aromatic rings. The molecule has 0 aliphatic heterocycles. The Morgan fingerprint density at radius 2 is 2.11 bits per heavy atom. The van der Waals surface area contributed by atoms with Crippen LogP contribution >= 0.6 is 0 Å². The van der Waals surface area contributed by atoms with Gasteiger partial charge in [-0.15, -0.1) is 0 Å². The molecule has 5 heteroatoms. The second-order valence-corrected chi connectivity index (χ2v) is 4.17. The molecule has 0 bridgehead atoms. The Hall–Kier alpha value is -2.56. The fraction of sp³-hybridized carbons (Fsp3) is 0.0769. The lowest BCUT2D eigenvalue weighted by Gasteiger charge is -2.09. The van der Waals surface area contributed by atoms with E-state index in [2.05, 4.69) is 10.2 Å². The molecule has 0 unspecified atom stereocenters. The van der Waals surface area contributed by atoms with Gasteiger partial charge in [-0.25, -0.2) is 0 Å². The third-order valence-electron chi connectivity index (χ3n) is 2.88. The zero-order chi connectivity index (χ0) is 12.7. The van der Waals surface area contributed by atoms with E-state index in [1.807, 2.05) is 18.2 Å². The highest BCUT2D eigenvalue weighted by Crippen LogP contribution is 2.17. The SMILES string of the molecule is Cc1cc(O)cc(=O)n1-c1ccc2cn[nH]c2c1. The second-order valence-electron chi connectivity index (χ2n) is 4.17. The molecule has 0 spiro atoms. The summed E-state index contributed by atoms with van der Waals surface area (Å²) in [6.45, 7) is 1.78. The summed E-state index contributed by atoms with van der Waals surface area (Å²) in [5.41, 5.74) is 2.03. The van der Waals surface area contributed by atoms with Gasteiger partial charge in [-0.3, -0.25) is 14.5 Å². The minimum atomic E-state index is -0.258. The number of H-pyrrole nitrogens is 1. The number of fused-ring (bicyclic) bond motifs is 1. The normalized spacial score (nSPS) is 10.9. The summed E-state index contributed by atoms with van der Waals surface area (Å²) in [4.78, 5) is 11.9. The van der Waals surface area contributed by atoms with Gasteiger partial charge in [-0.2, -0.15) is 5.10 Å². The van der Waals surface area contributed by atoms with Crippen LogP contribution in [0.2, 0.25) is 0 Å². The molecule has 0 atom stereocenters. The molecule has 90 valence electrons. The summed E-state index contributed by atoms with van der Waals surface area (Å²) in [6.07, 6.45) is 1.73.